The van der Waals surface area contributed by atoms with Crippen molar-refractivity contribution in [2.75, 3.05) is 0 Å². The molecule has 16 heavy (non-hydrogen) atoms. The van der Waals surface area contributed by atoms with Gasteiger partial charge in [-0.3, -0.25) is 4.98 Å². The molecule has 2 aromatic heterocycles. The predicted octanol–water partition coefficient (Wildman–Crippen LogP) is 1.65. The lowest BCUT2D eigenvalue weighted by Gasteiger charge is -1.90. The SMILES string of the molecule is CC(=O)CCc1nc(-c2ccccn2)no1. The van der Waals surface area contributed by atoms with Gasteiger partial charge < -0.3 is 9.32 Å². The molecular weight excluding hydrogens is 206 g/mol. The highest BCUT2D eigenvalue weighted by Crippen LogP contribution is 2.12. The summed E-state index contributed by atoms with van der Waals surface area (Å²) >= 11 is 0. The maximum Gasteiger partial charge on any atom is 0.227 e. The highest BCUT2D eigenvalue weighted by molar-refractivity contribution is 5.75. The van der Waals surface area contributed by atoms with E-state index in [2.05, 4.69) is 15.1 Å². The molecule has 5 nitrogen and oxygen atoms in total. The van der Waals surface area contributed by atoms with Crippen molar-refractivity contribution in [2.24, 2.45) is 0 Å². The Balaban J connectivity index is 2.11. The third-order valence-corrected chi connectivity index (χ3v) is 2.05. The Labute approximate surface area is 92.5 Å². The molecule has 0 saturated carbocycles. The fourth-order valence-electron chi connectivity index (χ4n) is 1.24. The van der Waals surface area contributed by atoms with Crippen LogP contribution in [0.1, 0.15) is 19.2 Å². The molecular formula is C11H11N3O2. The van der Waals surface area contributed by atoms with Gasteiger partial charge in [0.2, 0.25) is 11.7 Å². The Morgan fingerprint density at radius 2 is 2.31 bits per heavy atom. The molecule has 0 aromatic carbocycles. The van der Waals surface area contributed by atoms with Gasteiger partial charge in [-0.2, -0.15) is 4.98 Å². The molecule has 5 heteroatoms. The number of carbonyl (C=O) groups excluding carboxylic acids is 1. The molecule has 0 N–H and O–H groups in total. The number of aromatic nitrogens is 3. The van der Waals surface area contributed by atoms with Gasteiger partial charge in [-0.15, -0.1) is 0 Å². The quantitative estimate of drug-likeness (QED) is 0.778. The molecule has 0 atom stereocenters. The van der Waals surface area contributed by atoms with Crippen molar-refractivity contribution in [3.05, 3.63) is 30.3 Å². The summed E-state index contributed by atoms with van der Waals surface area (Å²) in [4.78, 5) is 19.1. The summed E-state index contributed by atoms with van der Waals surface area (Å²) in [5, 5.41) is 3.80. The maximum absolute atomic E-state index is 10.8. The van der Waals surface area contributed by atoms with E-state index >= 15 is 0 Å². The first kappa shape index (κ1) is 10.5. The zero-order valence-corrected chi connectivity index (χ0v) is 8.88. The van der Waals surface area contributed by atoms with Crippen LogP contribution in [0.15, 0.2) is 28.9 Å². The molecule has 0 aliphatic carbocycles. The summed E-state index contributed by atoms with van der Waals surface area (Å²) in [6.07, 6.45) is 2.57. The molecule has 82 valence electrons. The van der Waals surface area contributed by atoms with E-state index in [-0.39, 0.29) is 5.78 Å². The van der Waals surface area contributed by atoms with Crippen LogP contribution in [0, 0.1) is 0 Å². The lowest BCUT2D eigenvalue weighted by Crippen LogP contribution is -1.94. The van der Waals surface area contributed by atoms with E-state index in [1.54, 1.807) is 12.3 Å². The number of hydrogen-bond acceptors (Lipinski definition) is 5. The molecule has 0 amide bonds. The van der Waals surface area contributed by atoms with E-state index in [1.165, 1.54) is 6.92 Å². The molecule has 0 fully saturated rings. The van der Waals surface area contributed by atoms with Crippen LogP contribution in [0.3, 0.4) is 0 Å². The minimum absolute atomic E-state index is 0.109. The van der Waals surface area contributed by atoms with Crippen LogP contribution >= 0.6 is 0 Å². The van der Waals surface area contributed by atoms with Crippen LogP contribution in [0.2, 0.25) is 0 Å². The van der Waals surface area contributed by atoms with Crippen molar-refractivity contribution >= 4 is 5.78 Å². The second kappa shape index (κ2) is 4.65. The van der Waals surface area contributed by atoms with E-state index in [9.17, 15) is 4.79 Å². The topological polar surface area (TPSA) is 68.9 Å². The van der Waals surface area contributed by atoms with Gasteiger partial charge in [-0.25, -0.2) is 0 Å². The number of nitrogens with zero attached hydrogens (tertiary/aromatic N) is 3. The smallest absolute Gasteiger partial charge is 0.227 e. The lowest BCUT2D eigenvalue weighted by atomic mass is 10.2. The standard InChI is InChI=1S/C11H11N3O2/c1-8(15)5-6-10-13-11(14-16-10)9-4-2-3-7-12-9/h2-4,7H,5-6H2,1H3. The third-order valence-electron chi connectivity index (χ3n) is 2.05. The first-order valence-electron chi connectivity index (χ1n) is 4.99. The Morgan fingerprint density at radius 1 is 1.44 bits per heavy atom. The number of rotatable bonds is 4. The average molecular weight is 217 g/mol. The van der Waals surface area contributed by atoms with Crippen LogP contribution in [0.4, 0.5) is 0 Å². The van der Waals surface area contributed by atoms with Gasteiger partial charge in [0.25, 0.3) is 0 Å². The van der Waals surface area contributed by atoms with Gasteiger partial charge in [0.05, 0.1) is 0 Å². The normalized spacial score (nSPS) is 10.3. The van der Waals surface area contributed by atoms with Crippen molar-refractivity contribution in [3.63, 3.8) is 0 Å². The molecule has 0 spiro atoms. The molecule has 0 aliphatic heterocycles. The van der Waals surface area contributed by atoms with Gasteiger partial charge in [0, 0.05) is 19.0 Å². The summed E-state index contributed by atoms with van der Waals surface area (Å²) in [6.45, 7) is 1.54. The van der Waals surface area contributed by atoms with Crippen LogP contribution in [0.25, 0.3) is 11.5 Å². The number of Topliss-reactive ketones (excluding diaryl/α,β-unsaturated/α-hetero) is 1. The van der Waals surface area contributed by atoms with Gasteiger partial charge >= 0.3 is 0 Å². The Morgan fingerprint density at radius 3 is 3.00 bits per heavy atom. The fraction of sp³-hybridized carbons (Fsp3) is 0.273. The maximum atomic E-state index is 10.8. The number of aryl methyl sites for hydroxylation is 1. The molecule has 0 saturated heterocycles. The number of hydrogen-bond donors (Lipinski definition) is 0. The molecule has 2 heterocycles. The summed E-state index contributed by atoms with van der Waals surface area (Å²) in [5.41, 5.74) is 0.667. The summed E-state index contributed by atoms with van der Waals surface area (Å²) < 4.78 is 5.02. The number of pyridine rings is 1. The van der Waals surface area contributed by atoms with Gasteiger partial charge in [-0.05, 0) is 19.1 Å². The minimum Gasteiger partial charge on any atom is -0.339 e. The molecule has 0 bridgehead atoms. The number of ketones is 1. The van der Waals surface area contributed by atoms with Crippen molar-refractivity contribution in [2.45, 2.75) is 19.8 Å². The van der Waals surface area contributed by atoms with Crippen LogP contribution in [0.5, 0.6) is 0 Å². The molecule has 2 aromatic rings. The van der Waals surface area contributed by atoms with Gasteiger partial charge in [-0.1, -0.05) is 11.2 Å². The van der Waals surface area contributed by atoms with E-state index in [0.29, 0.717) is 30.3 Å². The zero-order valence-electron chi connectivity index (χ0n) is 8.88. The van der Waals surface area contributed by atoms with Crippen LogP contribution in [-0.4, -0.2) is 20.9 Å². The highest BCUT2D eigenvalue weighted by Gasteiger charge is 2.09. The molecule has 0 radical (unpaired) electrons. The highest BCUT2D eigenvalue weighted by atomic mass is 16.5. The second-order valence-corrected chi connectivity index (χ2v) is 3.43. The Bertz CT molecular complexity index is 479. The molecule has 0 aliphatic rings. The van der Waals surface area contributed by atoms with Gasteiger partial charge in [0.15, 0.2) is 0 Å². The summed E-state index contributed by atoms with van der Waals surface area (Å²) in [5.74, 6) is 1.03. The summed E-state index contributed by atoms with van der Waals surface area (Å²) in [6, 6.07) is 5.48. The van der Waals surface area contributed by atoms with Crippen molar-refractivity contribution in [1.82, 2.24) is 15.1 Å². The molecule has 2 rings (SSSR count). The van der Waals surface area contributed by atoms with E-state index < -0.39 is 0 Å². The van der Waals surface area contributed by atoms with E-state index in [0.717, 1.165) is 0 Å². The molecule has 0 unspecified atom stereocenters. The van der Waals surface area contributed by atoms with Crippen LogP contribution < -0.4 is 0 Å². The van der Waals surface area contributed by atoms with Crippen molar-refractivity contribution in [3.8, 4) is 11.5 Å². The van der Waals surface area contributed by atoms with Crippen molar-refractivity contribution < 1.29 is 9.32 Å². The largest absolute Gasteiger partial charge is 0.339 e. The monoisotopic (exact) mass is 217 g/mol. The Kier molecular flexibility index (Phi) is 3.05. The van der Waals surface area contributed by atoms with Gasteiger partial charge in [0.1, 0.15) is 11.5 Å². The lowest BCUT2D eigenvalue weighted by molar-refractivity contribution is -0.117. The van der Waals surface area contributed by atoms with E-state index in [4.69, 9.17) is 4.52 Å². The summed E-state index contributed by atoms with van der Waals surface area (Å²) in [7, 11) is 0. The van der Waals surface area contributed by atoms with Crippen molar-refractivity contribution in [1.29, 1.82) is 0 Å². The zero-order chi connectivity index (χ0) is 11.4. The fourth-order valence-corrected chi connectivity index (χ4v) is 1.24. The first-order valence-corrected chi connectivity index (χ1v) is 4.99. The minimum atomic E-state index is 0.109. The number of carbonyl (C=O) groups is 1. The third kappa shape index (κ3) is 2.50. The average Bonchev–Trinajstić information content (AvgIpc) is 2.76. The first-order chi connectivity index (χ1) is 7.75. The van der Waals surface area contributed by atoms with E-state index in [1.807, 2.05) is 12.1 Å². The predicted molar refractivity (Wildman–Crippen MR) is 56.5 cm³/mol. The Hall–Kier alpha value is -2.04. The second-order valence-electron chi connectivity index (χ2n) is 3.43. The van der Waals surface area contributed by atoms with Crippen LogP contribution in [-0.2, 0) is 11.2 Å².